The Balaban J connectivity index is 1.66. The zero-order valence-electron chi connectivity index (χ0n) is 14.1. The summed E-state index contributed by atoms with van der Waals surface area (Å²) in [5.74, 6) is -0.388. The number of aromatic nitrogens is 1. The Labute approximate surface area is 161 Å². The zero-order valence-corrected chi connectivity index (χ0v) is 14.9. The summed E-state index contributed by atoms with van der Waals surface area (Å²) >= 11 is 1.17. The standard InChI is InChI=1S/C19H11N3O5S/c23-16-6-5-13(22(25)26)7-12(16)9-20-19-21-15(10-28-19)14-8-11-3-1-2-4-17(11)27-18(14)24/h1-10,23H/p-1. The Morgan fingerprint density at radius 3 is 2.82 bits per heavy atom. The lowest BCUT2D eigenvalue weighted by Crippen LogP contribution is -2.02. The molecule has 9 heteroatoms. The Morgan fingerprint density at radius 2 is 2.00 bits per heavy atom. The van der Waals surface area contributed by atoms with Gasteiger partial charge in [-0.1, -0.05) is 30.0 Å². The number of hydrogen-bond donors (Lipinski definition) is 0. The number of para-hydroxylation sites is 1. The van der Waals surface area contributed by atoms with Crippen molar-refractivity contribution < 1.29 is 14.4 Å². The molecule has 0 radical (unpaired) electrons. The summed E-state index contributed by atoms with van der Waals surface area (Å²) < 4.78 is 5.30. The molecule has 0 saturated heterocycles. The summed E-state index contributed by atoms with van der Waals surface area (Å²) in [5.41, 5.74) is 0.554. The number of aliphatic imine (C=N–C) groups is 1. The summed E-state index contributed by atoms with van der Waals surface area (Å²) in [4.78, 5) is 30.8. The van der Waals surface area contributed by atoms with Crippen LogP contribution in [0, 0.1) is 10.1 Å². The van der Waals surface area contributed by atoms with E-state index in [1.165, 1.54) is 17.6 Å². The molecule has 4 aromatic rings. The Hall–Kier alpha value is -3.85. The molecular formula is C19H10N3O5S-. The average Bonchev–Trinajstić information content (AvgIpc) is 3.15. The van der Waals surface area contributed by atoms with Crippen molar-refractivity contribution in [3.8, 4) is 17.0 Å². The van der Waals surface area contributed by atoms with E-state index in [1.54, 1.807) is 23.6 Å². The molecule has 0 atom stereocenters. The first-order chi connectivity index (χ1) is 13.5. The highest BCUT2D eigenvalue weighted by Crippen LogP contribution is 2.27. The topological polar surface area (TPSA) is 122 Å². The largest absolute Gasteiger partial charge is 0.872 e. The molecule has 28 heavy (non-hydrogen) atoms. The minimum Gasteiger partial charge on any atom is -0.872 e. The molecule has 138 valence electrons. The highest BCUT2D eigenvalue weighted by atomic mass is 32.1. The zero-order chi connectivity index (χ0) is 19.7. The molecule has 0 fully saturated rings. The van der Waals surface area contributed by atoms with Crippen LogP contribution < -0.4 is 10.7 Å². The third-order valence-corrected chi connectivity index (χ3v) is 4.68. The monoisotopic (exact) mass is 392 g/mol. The first kappa shape index (κ1) is 17.6. The molecular weight excluding hydrogens is 382 g/mol. The van der Waals surface area contributed by atoms with E-state index in [2.05, 4.69) is 9.98 Å². The predicted molar refractivity (Wildman–Crippen MR) is 103 cm³/mol. The molecule has 4 rings (SSSR count). The van der Waals surface area contributed by atoms with Crippen molar-refractivity contribution in [2.45, 2.75) is 0 Å². The van der Waals surface area contributed by atoms with Gasteiger partial charge < -0.3 is 9.52 Å². The maximum absolute atomic E-state index is 12.2. The molecule has 0 saturated carbocycles. The fraction of sp³-hybridized carbons (Fsp3) is 0. The number of fused-ring (bicyclic) bond motifs is 1. The molecule has 2 aromatic carbocycles. The van der Waals surface area contributed by atoms with Crippen LogP contribution in [0.4, 0.5) is 10.8 Å². The van der Waals surface area contributed by atoms with Crippen molar-refractivity contribution in [3.63, 3.8) is 0 Å². The average molecular weight is 392 g/mol. The third-order valence-electron chi connectivity index (χ3n) is 3.93. The van der Waals surface area contributed by atoms with Gasteiger partial charge in [-0.05, 0) is 17.7 Å². The van der Waals surface area contributed by atoms with Crippen LogP contribution in [0.5, 0.6) is 5.75 Å². The van der Waals surface area contributed by atoms with Crippen LogP contribution in [0.25, 0.3) is 22.2 Å². The molecule has 0 aliphatic rings. The second-order valence-electron chi connectivity index (χ2n) is 5.74. The summed E-state index contributed by atoms with van der Waals surface area (Å²) in [5, 5.41) is 25.4. The maximum Gasteiger partial charge on any atom is 0.345 e. The van der Waals surface area contributed by atoms with Gasteiger partial charge in [-0.2, -0.15) is 0 Å². The minimum absolute atomic E-state index is 0.0798. The predicted octanol–water partition coefficient (Wildman–Crippen LogP) is 3.65. The quantitative estimate of drug-likeness (QED) is 0.226. The minimum atomic E-state index is -0.586. The van der Waals surface area contributed by atoms with Crippen LogP contribution in [0.2, 0.25) is 0 Å². The van der Waals surface area contributed by atoms with Gasteiger partial charge in [0.05, 0.1) is 16.2 Å². The normalized spacial score (nSPS) is 11.3. The van der Waals surface area contributed by atoms with E-state index >= 15 is 0 Å². The number of non-ortho nitro benzene ring substituents is 1. The van der Waals surface area contributed by atoms with E-state index in [0.717, 1.165) is 23.6 Å². The van der Waals surface area contributed by atoms with E-state index in [1.807, 2.05) is 12.1 Å². The van der Waals surface area contributed by atoms with Gasteiger partial charge in [0.1, 0.15) is 5.58 Å². The fourth-order valence-corrected chi connectivity index (χ4v) is 3.22. The van der Waals surface area contributed by atoms with Crippen LogP contribution >= 0.6 is 11.3 Å². The lowest BCUT2D eigenvalue weighted by Gasteiger charge is -2.08. The van der Waals surface area contributed by atoms with Crippen LogP contribution in [-0.2, 0) is 0 Å². The van der Waals surface area contributed by atoms with Crippen molar-refractivity contribution in [2.75, 3.05) is 0 Å². The molecule has 0 aliphatic carbocycles. The van der Waals surface area contributed by atoms with Crippen molar-refractivity contribution in [2.24, 2.45) is 4.99 Å². The van der Waals surface area contributed by atoms with Crippen LogP contribution in [0.1, 0.15) is 5.56 Å². The van der Waals surface area contributed by atoms with Gasteiger partial charge in [0.25, 0.3) is 5.69 Å². The van der Waals surface area contributed by atoms with Gasteiger partial charge in [-0.15, -0.1) is 11.3 Å². The number of rotatable bonds is 4. The smallest absolute Gasteiger partial charge is 0.345 e. The highest BCUT2D eigenvalue weighted by Gasteiger charge is 2.11. The second kappa shape index (κ2) is 7.05. The molecule has 0 amide bonds. The molecule has 0 N–H and O–H groups in total. The number of nitro groups is 1. The summed E-state index contributed by atoms with van der Waals surface area (Å²) in [7, 11) is 0. The van der Waals surface area contributed by atoms with Crippen molar-refractivity contribution >= 4 is 39.3 Å². The first-order valence-corrected chi connectivity index (χ1v) is 8.87. The Kier molecular flexibility index (Phi) is 4.42. The van der Waals surface area contributed by atoms with Gasteiger partial charge in [0.15, 0.2) is 0 Å². The van der Waals surface area contributed by atoms with E-state index in [-0.39, 0.29) is 17.0 Å². The van der Waals surface area contributed by atoms with E-state index in [9.17, 15) is 20.0 Å². The van der Waals surface area contributed by atoms with E-state index in [4.69, 9.17) is 4.42 Å². The molecule has 0 aliphatic heterocycles. The number of nitro benzene ring substituents is 1. The molecule has 0 spiro atoms. The van der Waals surface area contributed by atoms with E-state index < -0.39 is 10.5 Å². The number of nitrogens with zero attached hydrogens (tertiary/aromatic N) is 3. The summed E-state index contributed by atoms with van der Waals surface area (Å²) in [6.07, 6.45) is 1.22. The van der Waals surface area contributed by atoms with Gasteiger partial charge in [-0.3, -0.25) is 10.1 Å². The SMILES string of the molecule is O=c1oc2ccccc2cc1-c1csc(N=Cc2cc([N+](=O)[O-])ccc2[O-])n1. The maximum atomic E-state index is 12.2. The summed E-state index contributed by atoms with van der Waals surface area (Å²) in [6, 6.07) is 12.2. The van der Waals surface area contributed by atoms with Gasteiger partial charge in [0.2, 0.25) is 5.13 Å². The van der Waals surface area contributed by atoms with E-state index in [0.29, 0.717) is 22.0 Å². The van der Waals surface area contributed by atoms with Crippen molar-refractivity contribution in [3.05, 3.63) is 80.0 Å². The number of benzene rings is 2. The second-order valence-corrected chi connectivity index (χ2v) is 6.57. The lowest BCUT2D eigenvalue weighted by molar-refractivity contribution is -0.385. The third kappa shape index (κ3) is 3.38. The van der Waals surface area contributed by atoms with Crippen molar-refractivity contribution in [1.82, 2.24) is 4.98 Å². The first-order valence-electron chi connectivity index (χ1n) is 7.99. The van der Waals surface area contributed by atoms with Crippen LogP contribution in [0.15, 0.2) is 68.1 Å². The molecule has 0 unspecified atom stereocenters. The Morgan fingerprint density at radius 1 is 1.18 bits per heavy atom. The number of hydrogen-bond acceptors (Lipinski definition) is 8. The molecule has 2 heterocycles. The van der Waals surface area contributed by atoms with Gasteiger partial charge >= 0.3 is 5.63 Å². The lowest BCUT2D eigenvalue weighted by atomic mass is 10.1. The fourth-order valence-electron chi connectivity index (χ4n) is 2.56. The summed E-state index contributed by atoms with van der Waals surface area (Å²) in [6.45, 7) is 0. The van der Waals surface area contributed by atoms with Crippen LogP contribution in [0.3, 0.4) is 0 Å². The molecule has 0 bridgehead atoms. The Bertz CT molecular complexity index is 1290. The van der Waals surface area contributed by atoms with Gasteiger partial charge in [-0.25, -0.2) is 14.8 Å². The van der Waals surface area contributed by atoms with Crippen molar-refractivity contribution in [1.29, 1.82) is 0 Å². The molecule has 8 nitrogen and oxygen atoms in total. The highest BCUT2D eigenvalue weighted by molar-refractivity contribution is 7.13. The van der Waals surface area contributed by atoms with Gasteiger partial charge in [0, 0.05) is 29.1 Å². The number of thiazole rings is 1. The molecule has 2 aromatic heterocycles. The van der Waals surface area contributed by atoms with Crippen LogP contribution in [-0.4, -0.2) is 16.1 Å².